The van der Waals surface area contributed by atoms with Gasteiger partial charge in [-0.2, -0.15) is 5.10 Å². The van der Waals surface area contributed by atoms with Gasteiger partial charge in [0, 0.05) is 31.9 Å². The van der Waals surface area contributed by atoms with E-state index >= 15 is 0 Å². The molecule has 2 rings (SSSR count). The van der Waals surface area contributed by atoms with Crippen molar-refractivity contribution in [3.05, 3.63) is 46.3 Å². The molecular formula is C13H17N5O2. The van der Waals surface area contributed by atoms with Crippen LogP contribution >= 0.6 is 0 Å². The maximum atomic E-state index is 11.2. The van der Waals surface area contributed by atoms with Crippen molar-refractivity contribution in [1.29, 1.82) is 0 Å². The molecule has 0 unspecified atom stereocenters. The first-order chi connectivity index (χ1) is 9.61. The second kappa shape index (κ2) is 6.05. The molecule has 0 bridgehead atoms. The number of nitro groups is 1. The van der Waals surface area contributed by atoms with E-state index in [1.165, 1.54) is 0 Å². The number of rotatable bonds is 6. The first kappa shape index (κ1) is 13.9. The largest absolute Gasteiger partial charge is 0.380 e. The fourth-order valence-electron chi connectivity index (χ4n) is 1.98. The molecule has 0 spiro atoms. The summed E-state index contributed by atoms with van der Waals surface area (Å²) in [5.41, 5.74) is 2.06. The molecule has 0 atom stereocenters. The number of hydrogen-bond acceptors (Lipinski definition) is 5. The number of nitrogens with one attached hydrogen (secondary N) is 2. The molecule has 106 valence electrons. The lowest BCUT2D eigenvalue weighted by Gasteiger charge is -2.10. The second-order valence-electron chi connectivity index (χ2n) is 4.36. The summed E-state index contributed by atoms with van der Waals surface area (Å²) in [6, 6.07) is 5.20. The zero-order valence-electron chi connectivity index (χ0n) is 11.5. The van der Waals surface area contributed by atoms with Crippen LogP contribution in [0.25, 0.3) is 0 Å². The molecule has 0 saturated carbocycles. The van der Waals surface area contributed by atoms with Crippen molar-refractivity contribution in [1.82, 2.24) is 9.78 Å². The molecule has 0 radical (unpaired) electrons. The van der Waals surface area contributed by atoms with Crippen LogP contribution in [-0.2, 0) is 13.6 Å². The van der Waals surface area contributed by atoms with Crippen molar-refractivity contribution in [2.75, 3.05) is 17.2 Å². The van der Waals surface area contributed by atoms with Gasteiger partial charge < -0.3 is 10.6 Å². The molecule has 0 saturated heterocycles. The van der Waals surface area contributed by atoms with E-state index in [9.17, 15) is 10.1 Å². The Labute approximate surface area is 116 Å². The number of anilines is 2. The Hall–Kier alpha value is -2.57. The highest BCUT2D eigenvalue weighted by Crippen LogP contribution is 2.32. The Morgan fingerprint density at radius 1 is 1.35 bits per heavy atom. The van der Waals surface area contributed by atoms with Gasteiger partial charge in [0.05, 0.1) is 11.1 Å². The minimum Gasteiger partial charge on any atom is -0.380 e. The third-order valence-corrected chi connectivity index (χ3v) is 2.83. The highest BCUT2D eigenvalue weighted by Gasteiger charge is 2.18. The second-order valence-corrected chi connectivity index (χ2v) is 4.36. The van der Waals surface area contributed by atoms with Crippen LogP contribution in [0.3, 0.4) is 0 Å². The topological polar surface area (TPSA) is 85.0 Å². The summed E-state index contributed by atoms with van der Waals surface area (Å²) in [5.74, 6) is 0. The summed E-state index contributed by atoms with van der Waals surface area (Å²) in [6.07, 6.45) is 3.60. The summed E-state index contributed by atoms with van der Waals surface area (Å²) < 4.78 is 1.69. The lowest BCUT2D eigenvalue weighted by molar-refractivity contribution is -0.383. The average Bonchev–Trinajstić information content (AvgIpc) is 2.82. The number of nitrogens with zero attached hydrogens (tertiary/aromatic N) is 3. The van der Waals surface area contributed by atoms with Crippen LogP contribution in [-0.4, -0.2) is 21.2 Å². The van der Waals surface area contributed by atoms with E-state index in [4.69, 9.17) is 0 Å². The molecule has 0 aliphatic carbocycles. The molecule has 1 heterocycles. The highest BCUT2D eigenvalue weighted by atomic mass is 16.6. The fourth-order valence-corrected chi connectivity index (χ4v) is 1.98. The minimum absolute atomic E-state index is 0.0678. The molecule has 1 aromatic heterocycles. The quantitative estimate of drug-likeness (QED) is 0.624. The summed E-state index contributed by atoms with van der Waals surface area (Å²) in [7, 11) is 1.83. The highest BCUT2D eigenvalue weighted by molar-refractivity contribution is 5.76. The van der Waals surface area contributed by atoms with Crippen molar-refractivity contribution in [2.45, 2.75) is 13.5 Å². The van der Waals surface area contributed by atoms with E-state index in [2.05, 4.69) is 15.7 Å². The fraction of sp³-hybridized carbons (Fsp3) is 0.308. The van der Waals surface area contributed by atoms with Gasteiger partial charge in [-0.3, -0.25) is 14.8 Å². The van der Waals surface area contributed by atoms with Crippen LogP contribution in [0.15, 0.2) is 30.6 Å². The summed E-state index contributed by atoms with van der Waals surface area (Å²) in [5, 5.41) is 21.4. The maximum absolute atomic E-state index is 11.2. The predicted octanol–water partition coefficient (Wildman–Crippen LogP) is 2.37. The van der Waals surface area contributed by atoms with Crippen molar-refractivity contribution in [3.8, 4) is 0 Å². The molecule has 0 fully saturated rings. The minimum atomic E-state index is -0.371. The number of aryl methyl sites for hydroxylation is 1. The van der Waals surface area contributed by atoms with E-state index in [1.807, 2.05) is 20.2 Å². The van der Waals surface area contributed by atoms with E-state index in [1.54, 1.807) is 29.1 Å². The van der Waals surface area contributed by atoms with Crippen molar-refractivity contribution < 1.29 is 4.92 Å². The molecular weight excluding hydrogens is 258 g/mol. The SMILES string of the molecule is CCNc1cccc(NCc2cnn(C)c2)c1[N+](=O)[O-]. The van der Waals surface area contributed by atoms with Crippen LogP contribution < -0.4 is 10.6 Å². The van der Waals surface area contributed by atoms with Crippen LogP contribution in [0.2, 0.25) is 0 Å². The van der Waals surface area contributed by atoms with Gasteiger partial charge in [0.1, 0.15) is 11.4 Å². The number of aromatic nitrogens is 2. The average molecular weight is 275 g/mol. The van der Waals surface area contributed by atoms with E-state index in [0.29, 0.717) is 24.5 Å². The molecule has 0 amide bonds. The lowest BCUT2D eigenvalue weighted by Crippen LogP contribution is -2.06. The first-order valence-electron chi connectivity index (χ1n) is 6.34. The Bertz CT molecular complexity index is 609. The smallest absolute Gasteiger partial charge is 0.315 e. The molecule has 2 N–H and O–H groups in total. The van der Waals surface area contributed by atoms with Gasteiger partial charge in [-0.15, -0.1) is 0 Å². The molecule has 0 aliphatic rings. The van der Waals surface area contributed by atoms with Gasteiger partial charge in [0.15, 0.2) is 0 Å². The number of nitro benzene ring substituents is 1. The van der Waals surface area contributed by atoms with Crippen molar-refractivity contribution >= 4 is 17.1 Å². The Kier molecular flexibility index (Phi) is 4.19. The van der Waals surface area contributed by atoms with Crippen molar-refractivity contribution in [2.24, 2.45) is 7.05 Å². The van der Waals surface area contributed by atoms with Gasteiger partial charge in [0.25, 0.3) is 0 Å². The van der Waals surface area contributed by atoms with E-state index in [0.717, 1.165) is 5.56 Å². The molecule has 7 heteroatoms. The Balaban J connectivity index is 2.22. The number of hydrogen-bond donors (Lipinski definition) is 2. The third kappa shape index (κ3) is 3.05. The number of para-hydroxylation sites is 1. The zero-order chi connectivity index (χ0) is 14.5. The van der Waals surface area contributed by atoms with Crippen molar-refractivity contribution in [3.63, 3.8) is 0 Å². The Morgan fingerprint density at radius 3 is 2.60 bits per heavy atom. The van der Waals surface area contributed by atoms with E-state index < -0.39 is 0 Å². The molecule has 1 aromatic carbocycles. The third-order valence-electron chi connectivity index (χ3n) is 2.83. The monoisotopic (exact) mass is 275 g/mol. The van der Waals surface area contributed by atoms with Gasteiger partial charge in [-0.25, -0.2) is 0 Å². The molecule has 0 aliphatic heterocycles. The molecule has 2 aromatic rings. The van der Waals surface area contributed by atoms with E-state index in [-0.39, 0.29) is 10.6 Å². The standard InChI is InChI=1S/C13H17N5O2/c1-3-14-11-5-4-6-12(13(11)18(19)20)15-7-10-8-16-17(2)9-10/h4-6,8-9,14-15H,3,7H2,1-2H3. The molecule has 20 heavy (non-hydrogen) atoms. The zero-order valence-corrected chi connectivity index (χ0v) is 11.5. The first-order valence-corrected chi connectivity index (χ1v) is 6.34. The summed E-state index contributed by atoms with van der Waals surface area (Å²) in [6.45, 7) is 3.02. The van der Waals surface area contributed by atoms with Crippen LogP contribution in [0.4, 0.5) is 17.1 Å². The predicted molar refractivity (Wildman–Crippen MR) is 77.8 cm³/mol. The van der Waals surface area contributed by atoms with Gasteiger partial charge in [0.2, 0.25) is 0 Å². The van der Waals surface area contributed by atoms with Gasteiger partial charge >= 0.3 is 5.69 Å². The Morgan fingerprint density at radius 2 is 2.05 bits per heavy atom. The van der Waals surface area contributed by atoms with Crippen LogP contribution in [0, 0.1) is 10.1 Å². The summed E-state index contributed by atoms with van der Waals surface area (Å²) in [4.78, 5) is 10.9. The summed E-state index contributed by atoms with van der Waals surface area (Å²) >= 11 is 0. The van der Waals surface area contributed by atoms with Gasteiger partial charge in [-0.05, 0) is 19.1 Å². The normalized spacial score (nSPS) is 10.3. The molecule has 7 nitrogen and oxygen atoms in total. The maximum Gasteiger partial charge on any atom is 0.315 e. The van der Waals surface area contributed by atoms with Crippen LogP contribution in [0.1, 0.15) is 12.5 Å². The lowest BCUT2D eigenvalue weighted by atomic mass is 10.2. The van der Waals surface area contributed by atoms with Gasteiger partial charge in [-0.1, -0.05) is 6.07 Å². The number of benzene rings is 1. The van der Waals surface area contributed by atoms with Crippen LogP contribution in [0.5, 0.6) is 0 Å².